The highest BCUT2D eigenvalue weighted by Crippen LogP contribution is 2.25. The fourth-order valence-corrected chi connectivity index (χ4v) is 3.41. The third-order valence-electron chi connectivity index (χ3n) is 4.14. The molecule has 0 aliphatic carbocycles. The van der Waals surface area contributed by atoms with E-state index in [1.807, 2.05) is 61.5 Å². The van der Waals surface area contributed by atoms with Gasteiger partial charge in [0.2, 0.25) is 0 Å². The van der Waals surface area contributed by atoms with Crippen molar-refractivity contribution in [1.82, 2.24) is 4.98 Å². The van der Waals surface area contributed by atoms with Crippen molar-refractivity contribution in [1.29, 1.82) is 0 Å². The lowest BCUT2D eigenvalue weighted by molar-refractivity contribution is 0.461. The van der Waals surface area contributed by atoms with Gasteiger partial charge in [0.25, 0.3) is 0 Å². The molecule has 0 unspecified atom stereocenters. The van der Waals surface area contributed by atoms with Gasteiger partial charge in [-0.05, 0) is 42.3 Å². The second-order valence-electron chi connectivity index (χ2n) is 6.00. The molecule has 125 valence electrons. The molecule has 1 heterocycles. The van der Waals surface area contributed by atoms with Crippen LogP contribution in [0, 0.1) is 6.92 Å². The van der Waals surface area contributed by atoms with E-state index in [4.69, 9.17) is 7.58 Å². The van der Waals surface area contributed by atoms with E-state index in [2.05, 4.69) is 35.3 Å². The van der Waals surface area contributed by atoms with Crippen LogP contribution in [-0.2, 0) is 0 Å². The molecule has 4 heteroatoms. The molecule has 0 aliphatic heterocycles. The highest BCUT2D eigenvalue weighted by atomic mass is 27.2. The monoisotopic (exact) mass is 354 g/mol. The summed E-state index contributed by atoms with van der Waals surface area (Å²) < 4.78 is 11.7. The summed E-state index contributed by atoms with van der Waals surface area (Å²) in [4.78, 5) is 4.58. The van der Waals surface area contributed by atoms with E-state index >= 15 is 0 Å². The van der Waals surface area contributed by atoms with Crippen molar-refractivity contribution in [2.24, 2.45) is 0 Å². The van der Waals surface area contributed by atoms with Crippen LogP contribution in [-0.4, -0.2) is 20.9 Å². The fourth-order valence-electron chi connectivity index (χ4n) is 2.80. The van der Waals surface area contributed by atoms with Crippen molar-refractivity contribution in [3.05, 3.63) is 90.6 Å². The molecule has 4 aromatic rings. The van der Waals surface area contributed by atoms with Gasteiger partial charge in [-0.25, -0.2) is 4.98 Å². The molecule has 0 bridgehead atoms. The van der Waals surface area contributed by atoms with Crippen molar-refractivity contribution in [2.75, 3.05) is 0 Å². The van der Waals surface area contributed by atoms with Gasteiger partial charge in [0.1, 0.15) is 11.3 Å². The molecule has 4 rings (SSSR count). The average Bonchev–Trinajstić information content (AvgIpc) is 2.69. The number of benzene rings is 3. The molecule has 0 spiro atoms. The average molecular weight is 354 g/mol. The maximum Gasteiger partial charge on any atom is 0.881 e. The van der Waals surface area contributed by atoms with Crippen LogP contribution in [0.1, 0.15) is 5.69 Å². The molecule has 0 N–H and O–H groups in total. The SMILES string of the molecule is Cc1ccc2cccc([O][Al][O]c3ccc(-c4ccccc4)cc3)c2n1. The summed E-state index contributed by atoms with van der Waals surface area (Å²) in [6.45, 7) is 1.98. The highest BCUT2D eigenvalue weighted by Gasteiger charge is 2.10. The van der Waals surface area contributed by atoms with Crippen LogP contribution in [0.25, 0.3) is 22.0 Å². The summed E-state index contributed by atoms with van der Waals surface area (Å²) in [5, 5.41) is 1.07. The normalized spacial score (nSPS) is 10.5. The van der Waals surface area contributed by atoms with Crippen molar-refractivity contribution < 1.29 is 7.58 Å². The smallest absolute Gasteiger partial charge is 0.616 e. The van der Waals surface area contributed by atoms with Crippen molar-refractivity contribution >= 4 is 26.8 Å². The molecule has 26 heavy (non-hydrogen) atoms. The first-order chi connectivity index (χ1) is 12.8. The summed E-state index contributed by atoms with van der Waals surface area (Å²) >= 11 is -0.665. The fraction of sp³-hybridized carbons (Fsp3) is 0.0455. The van der Waals surface area contributed by atoms with Gasteiger partial charge in [-0.3, -0.25) is 0 Å². The lowest BCUT2D eigenvalue weighted by Crippen LogP contribution is -2.11. The number of fused-ring (bicyclic) bond motifs is 1. The Labute approximate surface area is 159 Å². The van der Waals surface area contributed by atoms with E-state index in [0.717, 1.165) is 28.1 Å². The molecule has 0 amide bonds. The Hall–Kier alpha value is -2.80. The predicted octanol–water partition coefficient (Wildman–Crippen LogP) is 5.20. The topological polar surface area (TPSA) is 31.4 Å². The standard InChI is InChI=1S/C12H10O.C10H9NO.Al/c13-12-8-6-11(7-9-12)10-4-2-1-3-5-10;1-7-5-6-8-3-2-4-9(12)10(8)11-7;/h1-9,13H;2-6,12H,1H3;/q;;+2/p-2. The molecule has 1 radical (unpaired) electrons. The second kappa shape index (κ2) is 7.62. The van der Waals surface area contributed by atoms with E-state index in [0.29, 0.717) is 0 Å². The summed E-state index contributed by atoms with van der Waals surface area (Å²) in [6, 6.07) is 28.4. The molecule has 1 aromatic heterocycles. The van der Waals surface area contributed by atoms with Crippen molar-refractivity contribution in [3.63, 3.8) is 0 Å². The van der Waals surface area contributed by atoms with Crippen LogP contribution in [0.5, 0.6) is 11.5 Å². The Kier molecular flexibility index (Phi) is 4.88. The maximum absolute atomic E-state index is 5.89. The Morgan fingerprint density at radius 2 is 1.46 bits per heavy atom. The Morgan fingerprint density at radius 3 is 2.27 bits per heavy atom. The number of hydrogen-bond acceptors (Lipinski definition) is 3. The van der Waals surface area contributed by atoms with E-state index in [1.165, 1.54) is 11.1 Å². The van der Waals surface area contributed by atoms with Gasteiger partial charge in [-0.15, -0.1) is 0 Å². The predicted molar refractivity (Wildman–Crippen MR) is 105 cm³/mol. The van der Waals surface area contributed by atoms with Crippen LogP contribution in [0.2, 0.25) is 0 Å². The number of hydrogen-bond donors (Lipinski definition) is 0. The summed E-state index contributed by atoms with van der Waals surface area (Å²) in [6.07, 6.45) is 0. The lowest BCUT2D eigenvalue weighted by atomic mass is 10.1. The number of aryl methyl sites for hydroxylation is 1. The third-order valence-corrected chi connectivity index (χ3v) is 4.86. The molecule has 0 saturated carbocycles. The number of aromatic nitrogens is 1. The van der Waals surface area contributed by atoms with Crippen LogP contribution in [0.15, 0.2) is 84.9 Å². The summed E-state index contributed by atoms with van der Waals surface area (Å²) in [5.41, 5.74) is 4.21. The van der Waals surface area contributed by atoms with Gasteiger partial charge in [0.05, 0.1) is 5.75 Å². The zero-order chi connectivity index (χ0) is 17.8. The minimum absolute atomic E-state index is 0.665. The van der Waals surface area contributed by atoms with Gasteiger partial charge >= 0.3 is 15.9 Å². The zero-order valence-corrected chi connectivity index (χ0v) is 15.6. The molecule has 3 nitrogen and oxygen atoms in total. The first-order valence-corrected chi connectivity index (χ1v) is 9.41. The van der Waals surface area contributed by atoms with Gasteiger partial charge in [0, 0.05) is 11.1 Å². The molecular weight excluding hydrogens is 337 g/mol. The van der Waals surface area contributed by atoms with Crippen LogP contribution < -0.4 is 7.58 Å². The maximum atomic E-state index is 5.89. The number of nitrogens with zero attached hydrogens (tertiary/aromatic N) is 1. The third kappa shape index (κ3) is 3.72. The van der Waals surface area contributed by atoms with Crippen LogP contribution in [0.4, 0.5) is 0 Å². The van der Waals surface area contributed by atoms with Gasteiger partial charge in [0.15, 0.2) is 0 Å². The van der Waals surface area contributed by atoms with E-state index in [-0.39, 0.29) is 0 Å². The largest absolute Gasteiger partial charge is 0.881 e. The number of pyridine rings is 1. The summed E-state index contributed by atoms with van der Waals surface area (Å²) in [5.74, 6) is 1.58. The van der Waals surface area contributed by atoms with Crippen LogP contribution >= 0.6 is 0 Å². The molecule has 0 fully saturated rings. The Morgan fingerprint density at radius 1 is 0.692 bits per heavy atom. The van der Waals surface area contributed by atoms with Gasteiger partial charge in [-0.2, -0.15) is 0 Å². The number of para-hydroxylation sites is 1. The molecular formula is C22H17AlNO2. The van der Waals surface area contributed by atoms with E-state index in [1.54, 1.807) is 0 Å². The van der Waals surface area contributed by atoms with Crippen molar-refractivity contribution in [2.45, 2.75) is 6.92 Å². The molecule has 0 saturated heterocycles. The van der Waals surface area contributed by atoms with Gasteiger partial charge in [-0.1, -0.05) is 60.7 Å². The van der Waals surface area contributed by atoms with E-state index in [9.17, 15) is 0 Å². The number of rotatable bonds is 5. The molecule has 0 atom stereocenters. The molecule has 3 aromatic carbocycles. The van der Waals surface area contributed by atoms with Crippen LogP contribution in [0.3, 0.4) is 0 Å². The van der Waals surface area contributed by atoms with E-state index < -0.39 is 15.9 Å². The highest BCUT2D eigenvalue weighted by molar-refractivity contribution is 6.21. The molecule has 0 aliphatic rings. The Balaban J connectivity index is 1.43. The second-order valence-corrected chi connectivity index (χ2v) is 6.67. The van der Waals surface area contributed by atoms with Gasteiger partial charge < -0.3 is 7.58 Å². The Bertz CT molecular complexity index is 1020. The minimum atomic E-state index is -0.665. The first kappa shape index (κ1) is 16.7. The first-order valence-electron chi connectivity index (χ1n) is 8.46. The minimum Gasteiger partial charge on any atom is -0.616 e. The van der Waals surface area contributed by atoms with Crippen molar-refractivity contribution in [3.8, 4) is 22.6 Å². The zero-order valence-electron chi connectivity index (χ0n) is 14.4. The summed E-state index contributed by atoms with van der Waals surface area (Å²) in [7, 11) is 0. The lowest BCUT2D eigenvalue weighted by Gasteiger charge is -2.11. The quantitative estimate of drug-likeness (QED) is 0.462.